The summed E-state index contributed by atoms with van der Waals surface area (Å²) >= 11 is 1.65. The number of hydrogen-bond acceptors (Lipinski definition) is 4. The van der Waals surface area contributed by atoms with Crippen molar-refractivity contribution >= 4 is 11.3 Å². The van der Waals surface area contributed by atoms with Gasteiger partial charge in [-0.2, -0.15) is 21.7 Å². The highest BCUT2D eigenvalue weighted by molar-refractivity contribution is 7.08. The predicted octanol–water partition coefficient (Wildman–Crippen LogP) is 2.21. The molecule has 2 aromatic rings. The van der Waals surface area contributed by atoms with Crippen molar-refractivity contribution in [3.8, 4) is 17.3 Å². The Hall–Kier alpha value is -1.64. The van der Waals surface area contributed by atoms with Crippen LogP contribution in [0.3, 0.4) is 0 Å². The summed E-state index contributed by atoms with van der Waals surface area (Å²) in [5.74, 6) is 0. The van der Waals surface area contributed by atoms with Crippen molar-refractivity contribution in [3.63, 3.8) is 0 Å². The maximum atomic E-state index is 8.82. The zero-order valence-electron chi connectivity index (χ0n) is 9.22. The normalized spacial score (nSPS) is 14.3. The third-order valence-corrected chi connectivity index (χ3v) is 3.59. The maximum absolute atomic E-state index is 8.82. The van der Waals surface area contributed by atoms with Crippen LogP contribution in [0, 0.1) is 11.3 Å². The van der Waals surface area contributed by atoms with E-state index in [2.05, 4.69) is 22.6 Å². The fourth-order valence-electron chi connectivity index (χ4n) is 2.14. The lowest BCUT2D eigenvalue weighted by Gasteiger charge is -2.13. The van der Waals surface area contributed by atoms with Crippen LogP contribution in [0.25, 0.3) is 11.3 Å². The van der Waals surface area contributed by atoms with Crippen molar-refractivity contribution < 1.29 is 4.74 Å². The molecule has 0 N–H and O–H groups in total. The number of rotatable bonds is 2. The largest absolute Gasteiger partial charge is 0.376 e. The van der Waals surface area contributed by atoms with Gasteiger partial charge < -0.3 is 4.74 Å². The molecule has 0 bridgehead atoms. The van der Waals surface area contributed by atoms with Gasteiger partial charge in [0.25, 0.3) is 0 Å². The van der Waals surface area contributed by atoms with E-state index in [4.69, 9.17) is 10.00 Å². The van der Waals surface area contributed by atoms with Gasteiger partial charge in [-0.15, -0.1) is 0 Å². The van der Waals surface area contributed by atoms with E-state index in [0.717, 1.165) is 28.9 Å². The fraction of sp³-hybridized carbons (Fsp3) is 0.333. The fourth-order valence-corrected chi connectivity index (χ4v) is 2.78. The number of nitrogens with zero attached hydrogens (tertiary/aromatic N) is 3. The van der Waals surface area contributed by atoms with E-state index in [1.54, 1.807) is 11.3 Å². The summed E-state index contributed by atoms with van der Waals surface area (Å²) < 4.78 is 7.30. The van der Waals surface area contributed by atoms with Gasteiger partial charge in [-0.1, -0.05) is 0 Å². The first kappa shape index (κ1) is 10.5. The standard InChI is InChI=1S/C12H11N3OS/c13-3-4-15-11-1-5-16-7-10(11)12(14-15)9-2-6-17-8-9/h2,6,8H,1,4-5,7H2. The SMILES string of the molecule is N#CCn1nc(-c2ccsc2)c2c1CCOC2. The van der Waals surface area contributed by atoms with E-state index in [9.17, 15) is 0 Å². The van der Waals surface area contributed by atoms with Gasteiger partial charge in [-0.25, -0.2) is 0 Å². The molecule has 17 heavy (non-hydrogen) atoms. The van der Waals surface area contributed by atoms with Crippen molar-refractivity contribution in [2.24, 2.45) is 0 Å². The third-order valence-electron chi connectivity index (χ3n) is 2.91. The molecule has 1 aliphatic rings. The second-order valence-corrected chi connectivity index (χ2v) is 4.68. The summed E-state index contributed by atoms with van der Waals surface area (Å²) in [5.41, 5.74) is 4.38. The van der Waals surface area contributed by atoms with Gasteiger partial charge in [-0.05, 0) is 11.4 Å². The summed E-state index contributed by atoms with van der Waals surface area (Å²) in [6.07, 6.45) is 0.841. The molecule has 4 nitrogen and oxygen atoms in total. The Labute approximate surface area is 103 Å². The zero-order chi connectivity index (χ0) is 11.7. The van der Waals surface area contributed by atoms with E-state index in [-0.39, 0.29) is 0 Å². The Morgan fingerprint density at radius 1 is 1.59 bits per heavy atom. The Morgan fingerprint density at radius 3 is 3.29 bits per heavy atom. The first-order valence-electron chi connectivity index (χ1n) is 5.46. The van der Waals surface area contributed by atoms with Gasteiger partial charge in [0.05, 0.1) is 25.0 Å². The number of thiophene rings is 1. The van der Waals surface area contributed by atoms with Gasteiger partial charge in [0, 0.05) is 28.6 Å². The monoisotopic (exact) mass is 245 g/mol. The number of hydrogen-bond donors (Lipinski definition) is 0. The molecule has 2 aromatic heterocycles. The van der Waals surface area contributed by atoms with Crippen LogP contribution in [0.5, 0.6) is 0 Å². The molecule has 0 fully saturated rings. The molecule has 3 heterocycles. The summed E-state index contributed by atoms with van der Waals surface area (Å²) in [7, 11) is 0. The molecular formula is C12H11N3OS. The molecule has 0 amide bonds. The van der Waals surface area contributed by atoms with Crippen molar-refractivity contribution in [1.82, 2.24) is 9.78 Å². The number of nitriles is 1. The highest BCUT2D eigenvalue weighted by Crippen LogP contribution is 2.30. The summed E-state index contributed by atoms with van der Waals surface area (Å²) in [5, 5.41) is 17.5. The Balaban J connectivity index is 2.13. The van der Waals surface area contributed by atoms with Crippen molar-refractivity contribution in [2.75, 3.05) is 6.61 Å². The highest BCUT2D eigenvalue weighted by atomic mass is 32.1. The molecule has 0 aromatic carbocycles. The Bertz CT molecular complexity index is 565. The third kappa shape index (κ3) is 1.75. The zero-order valence-corrected chi connectivity index (χ0v) is 10.0. The molecular weight excluding hydrogens is 234 g/mol. The quantitative estimate of drug-likeness (QED) is 0.815. The van der Waals surface area contributed by atoms with Crippen LogP contribution in [-0.2, 0) is 24.3 Å². The van der Waals surface area contributed by atoms with Crippen molar-refractivity contribution in [2.45, 2.75) is 19.6 Å². The van der Waals surface area contributed by atoms with Gasteiger partial charge in [0.15, 0.2) is 0 Å². The molecule has 86 valence electrons. The molecule has 0 unspecified atom stereocenters. The van der Waals surface area contributed by atoms with Gasteiger partial charge in [0.1, 0.15) is 6.54 Å². The van der Waals surface area contributed by atoms with E-state index >= 15 is 0 Å². The van der Waals surface area contributed by atoms with Crippen molar-refractivity contribution in [3.05, 3.63) is 28.1 Å². The summed E-state index contributed by atoms with van der Waals surface area (Å²) in [6.45, 7) is 1.63. The van der Waals surface area contributed by atoms with E-state index in [1.165, 1.54) is 0 Å². The average molecular weight is 245 g/mol. The Kier molecular flexibility index (Phi) is 2.67. The van der Waals surface area contributed by atoms with Crippen LogP contribution in [0.2, 0.25) is 0 Å². The van der Waals surface area contributed by atoms with Crippen LogP contribution < -0.4 is 0 Å². The second kappa shape index (κ2) is 4.32. The molecule has 0 aliphatic carbocycles. The lowest BCUT2D eigenvalue weighted by molar-refractivity contribution is 0.109. The molecule has 5 heteroatoms. The lowest BCUT2D eigenvalue weighted by Crippen LogP contribution is -2.13. The van der Waals surface area contributed by atoms with Gasteiger partial charge in [0.2, 0.25) is 0 Å². The Morgan fingerprint density at radius 2 is 2.53 bits per heavy atom. The van der Waals surface area contributed by atoms with Crippen LogP contribution in [0.15, 0.2) is 16.8 Å². The molecule has 0 saturated heterocycles. The number of fused-ring (bicyclic) bond motifs is 1. The summed E-state index contributed by atoms with van der Waals surface area (Å²) in [6, 6.07) is 4.21. The van der Waals surface area contributed by atoms with Crippen LogP contribution in [-0.4, -0.2) is 16.4 Å². The van der Waals surface area contributed by atoms with Crippen LogP contribution >= 0.6 is 11.3 Å². The second-order valence-electron chi connectivity index (χ2n) is 3.90. The molecule has 3 rings (SSSR count). The highest BCUT2D eigenvalue weighted by Gasteiger charge is 2.22. The predicted molar refractivity (Wildman–Crippen MR) is 64.5 cm³/mol. The van der Waals surface area contributed by atoms with E-state index in [1.807, 2.05) is 10.1 Å². The first-order chi connectivity index (χ1) is 8.40. The minimum atomic E-state index is 0.312. The van der Waals surface area contributed by atoms with Crippen LogP contribution in [0.1, 0.15) is 11.3 Å². The van der Waals surface area contributed by atoms with Crippen LogP contribution in [0.4, 0.5) is 0 Å². The minimum Gasteiger partial charge on any atom is -0.376 e. The number of ether oxygens (including phenoxy) is 1. The molecule has 1 aliphatic heterocycles. The van der Waals surface area contributed by atoms with E-state index in [0.29, 0.717) is 19.8 Å². The molecule has 0 saturated carbocycles. The molecule has 0 radical (unpaired) electrons. The van der Waals surface area contributed by atoms with Gasteiger partial charge in [-0.3, -0.25) is 4.68 Å². The first-order valence-corrected chi connectivity index (χ1v) is 6.40. The topological polar surface area (TPSA) is 50.8 Å². The van der Waals surface area contributed by atoms with E-state index < -0.39 is 0 Å². The average Bonchev–Trinajstić information content (AvgIpc) is 2.97. The van der Waals surface area contributed by atoms with Gasteiger partial charge >= 0.3 is 0 Å². The molecule has 0 atom stereocenters. The van der Waals surface area contributed by atoms with Crippen molar-refractivity contribution in [1.29, 1.82) is 5.26 Å². The minimum absolute atomic E-state index is 0.312. The maximum Gasteiger partial charge on any atom is 0.128 e. The number of aromatic nitrogens is 2. The smallest absolute Gasteiger partial charge is 0.128 e. The molecule has 0 spiro atoms. The summed E-state index contributed by atoms with van der Waals surface area (Å²) in [4.78, 5) is 0. The lowest BCUT2D eigenvalue weighted by atomic mass is 10.1.